The van der Waals surface area contributed by atoms with E-state index in [0.717, 1.165) is 5.69 Å². The lowest BCUT2D eigenvalue weighted by Crippen LogP contribution is -2.37. The quantitative estimate of drug-likeness (QED) is 0.649. The fourth-order valence-corrected chi connectivity index (χ4v) is 1.37. The molecule has 0 bridgehead atoms. The molecular weight excluding hydrogens is 208 g/mol. The number of aromatic nitrogens is 1. The highest BCUT2D eigenvalue weighted by molar-refractivity contribution is 5.93. The molecular formula is C11H16N2O3. The number of hydrogen-bond acceptors (Lipinski definition) is 2. The number of rotatable bonds is 5. The molecule has 1 heterocycles. The zero-order chi connectivity index (χ0) is 12.2. The topological polar surface area (TPSA) is 82.2 Å². The minimum atomic E-state index is -1.12. The smallest absolute Gasteiger partial charge is 0.312 e. The number of carbonyl (C=O) groups is 2. The second-order valence-electron chi connectivity index (χ2n) is 4.31. The van der Waals surface area contributed by atoms with Gasteiger partial charge in [-0.3, -0.25) is 9.59 Å². The number of aromatic amines is 1. The van der Waals surface area contributed by atoms with E-state index in [9.17, 15) is 9.59 Å². The molecule has 0 saturated carbocycles. The molecule has 0 radical (unpaired) electrons. The first-order valence-corrected chi connectivity index (χ1v) is 5.04. The Morgan fingerprint density at radius 1 is 1.50 bits per heavy atom. The van der Waals surface area contributed by atoms with E-state index in [0.29, 0.717) is 6.54 Å². The van der Waals surface area contributed by atoms with Gasteiger partial charge in [0.15, 0.2) is 0 Å². The van der Waals surface area contributed by atoms with E-state index in [4.69, 9.17) is 5.11 Å². The molecule has 0 spiro atoms. The summed E-state index contributed by atoms with van der Waals surface area (Å²) in [6, 6.07) is 3.82. The average Bonchev–Trinajstić information content (AvgIpc) is 2.67. The molecule has 1 aromatic rings. The lowest BCUT2D eigenvalue weighted by Gasteiger charge is -2.23. The molecule has 1 rings (SSSR count). The third kappa shape index (κ3) is 3.42. The summed E-state index contributed by atoms with van der Waals surface area (Å²) < 4.78 is 0. The number of carboxylic acid groups (broad SMARTS) is 1. The van der Waals surface area contributed by atoms with Crippen molar-refractivity contribution in [3.05, 3.63) is 24.0 Å². The molecule has 0 aromatic carbocycles. The Kier molecular flexibility index (Phi) is 3.71. The van der Waals surface area contributed by atoms with Crippen LogP contribution in [0.1, 0.15) is 26.0 Å². The summed E-state index contributed by atoms with van der Waals surface area (Å²) in [5.74, 6) is -1.58. The van der Waals surface area contributed by atoms with Gasteiger partial charge in [-0.15, -0.1) is 0 Å². The summed E-state index contributed by atoms with van der Waals surface area (Å²) in [4.78, 5) is 24.5. The van der Waals surface area contributed by atoms with Gasteiger partial charge in [0.1, 0.15) is 6.42 Å². The molecule has 1 aromatic heterocycles. The van der Waals surface area contributed by atoms with Crippen molar-refractivity contribution in [3.8, 4) is 0 Å². The van der Waals surface area contributed by atoms with Crippen molar-refractivity contribution in [3.63, 3.8) is 0 Å². The molecule has 0 aliphatic rings. The zero-order valence-corrected chi connectivity index (χ0v) is 9.41. The van der Waals surface area contributed by atoms with Crippen molar-refractivity contribution in [1.82, 2.24) is 10.3 Å². The van der Waals surface area contributed by atoms with Gasteiger partial charge in [0.2, 0.25) is 5.91 Å². The first-order valence-electron chi connectivity index (χ1n) is 5.04. The van der Waals surface area contributed by atoms with Gasteiger partial charge >= 0.3 is 5.97 Å². The van der Waals surface area contributed by atoms with Crippen molar-refractivity contribution < 1.29 is 14.7 Å². The number of carboxylic acids is 1. The second-order valence-corrected chi connectivity index (χ2v) is 4.31. The SMILES string of the molecule is CC(C)(CNC(=O)CC(=O)O)c1ccc[nH]1. The molecule has 16 heavy (non-hydrogen) atoms. The zero-order valence-electron chi connectivity index (χ0n) is 9.41. The van der Waals surface area contributed by atoms with Crippen LogP contribution in [0.15, 0.2) is 18.3 Å². The van der Waals surface area contributed by atoms with Gasteiger partial charge in [-0.2, -0.15) is 0 Å². The number of hydrogen-bond donors (Lipinski definition) is 3. The lowest BCUT2D eigenvalue weighted by atomic mass is 9.89. The van der Waals surface area contributed by atoms with Crippen LogP contribution in [-0.4, -0.2) is 28.5 Å². The van der Waals surface area contributed by atoms with E-state index in [1.165, 1.54) is 0 Å². The maximum Gasteiger partial charge on any atom is 0.312 e. The van der Waals surface area contributed by atoms with Crippen molar-refractivity contribution in [1.29, 1.82) is 0 Å². The van der Waals surface area contributed by atoms with Crippen LogP contribution in [0.5, 0.6) is 0 Å². The highest BCUT2D eigenvalue weighted by Gasteiger charge is 2.22. The highest BCUT2D eigenvalue weighted by atomic mass is 16.4. The molecule has 0 aliphatic heterocycles. The Morgan fingerprint density at radius 3 is 2.69 bits per heavy atom. The molecule has 5 heteroatoms. The van der Waals surface area contributed by atoms with Gasteiger partial charge in [-0.05, 0) is 12.1 Å². The number of H-pyrrole nitrogens is 1. The Labute approximate surface area is 93.9 Å². The van der Waals surface area contributed by atoms with Gasteiger partial charge in [0.05, 0.1) is 0 Å². The molecule has 0 unspecified atom stereocenters. The molecule has 0 atom stereocenters. The summed E-state index contributed by atoms with van der Waals surface area (Å²) in [6.45, 7) is 4.35. The van der Waals surface area contributed by atoms with Gasteiger partial charge in [-0.1, -0.05) is 13.8 Å². The Morgan fingerprint density at radius 2 is 2.19 bits per heavy atom. The second kappa shape index (κ2) is 4.83. The summed E-state index contributed by atoms with van der Waals surface area (Å²) in [5.41, 5.74) is 0.764. The Bertz CT molecular complexity index is 369. The first-order chi connectivity index (χ1) is 7.42. The van der Waals surface area contributed by atoms with Crippen LogP contribution in [0.25, 0.3) is 0 Å². The van der Waals surface area contributed by atoms with Crippen LogP contribution in [0.4, 0.5) is 0 Å². The Balaban J connectivity index is 2.48. The first kappa shape index (κ1) is 12.3. The number of nitrogens with one attached hydrogen (secondary N) is 2. The maximum absolute atomic E-state index is 11.2. The number of aliphatic carboxylic acids is 1. The molecule has 0 aliphatic carbocycles. The fraction of sp³-hybridized carbons (Fsp3) is 0.455. The summed E-state index contributed by atoms with van der Waals surface area (Å²) in [7, 11) is 0. The molecule has 0 saturated heterocycles. The summed E-state index contributed by atoms with van der Waals surface area (Å²) in [5, 5.41) is 11.0. The monoisotopic (exact) mass is 224 g/mol. The van der Waals surface area contributed by atoms with E-state index in [-0.39, 0.29) is 5.41 Å². The molecule has 5 nitrogen and oxygen atoms in total. The highest BCUT2D eigenvalue weighted by Crippen LogP contribution is 2.19. The Hall–Kier alpha value is -1.78. The number of carbonyl (C=O) groups excluding carboxylic acids is 1. The van der Waals surface area contributed by atoms with Gasteiger partial charge in [0.25, 0.3) is 0 Å². The minimum Gasteiger partial charge on any atom is -0.481 e. The molecule has 0 fully saturated rings. The third-order valence-corrected chi connectivity index (χ3v) is 2.37. The van der Waals surface area contributed by atoms with Gasteiger partial charge in [0, 0.05) is 23.9 Å². The fourth-order valence-electron chi connectivity index (χ4n) is 1.37. The maximum atomic E-state index is 11.2. The predicted molar refractivity (Wildman–Crippen MR) is 59.1 cm³/mol. The number of amides is 1. The van der Waals surface area contributed by atoms with Crippen LogP contribution in [0, 0.1) is 0 Å². The summed E-state index contributed by atoms with van der Waals surface area (Å²) >= 11 is 0. The van der Waals surface area contributed by atoms with Gasteiger partial charge in [-0.25, -0.2) is 0 Å². The van der Waals surface area contributed by atoms with E-state index in [2.05, 4.69) is 10.3 Å². The molecule has 3 N–H and O–H groups in total. The van der Waals surface area contributed by atoms with Crippen molar-refractivity contribution in [2.45, 2.75) is 25.7 Å². The standard InChI is InChI=1S/C11H16N2O3/c1-11(2,8-4-3-5-12-8)7-13-9(14)6-10(15)16/h3-5,12H,6-7H2,1-2H3,(H,13,14)(H,15,16). The largest absolute Gasteiger partial charge is 0.481 e. The summed E-state index contributed by atoms with van der Waals surface area (Å²) in [6.07, 6.45) is 1.33. The van der Waals surface area contributed by atoms with Crippen LogP contribution >= 0.6 is 0 Å². The van der Waals surface area contributed by atoms with Crippen LogP contribution in [0.2, 0.25) is 0 Å². The van der Waals surface area contributed by atoms with E-state index in [1.807, 2.05) is 32.2 Å². The van der Waals surface area contributed by atoms with E-state index < -0.39 is 18.3 Å². The van der Waals surface area contributed by atoms with Crippen molar-refractivity contribution >= 4 is 11.9 Å². The minimum absolute atomic E-state index is 0.238. The van der Waals surface area contributed by atoms with Crippen LogP contribution in [-0.2, 0) is 15.0 Å². The average molecular weight is 224 g/mol. The third-order valence-electron chi connectivity index (χ3n) is 2.37. The molecule has 88 valence electrons. The van der Waals surface area contributed by atoms with Crippen molar-refractivity contribution in [2.75, 3.05) is 6.54 Å². The predicted octanol–water partition coefficient (Wildman–Crippen LogP) is 0.883. The van der Waals surface area contributed by atoms with Crippen LogP contribution in [0.3, 0.4) is 0 Å². The lowest BCUT2D eigenvalue weighted by molar-refractivity contribution is -0.140. The molecule has 1 amide bonds. The van der Waals surface area contributed by atoms with Crippen molar-refractivity contribution in [2.24, 2.45) is 0 Å². The normalized spacial score (nSPS) is 11.1. The van der Waals surface area contributed by atoms with E-state index >= 15 is 0 Å². The van der Waals surface area contributed by atoms with Gasteiger partial charge < -0.3 is 15.4 Å². The van der Waals surface area contributed by atoms with Crippen LogP contribution < -0.4 is 5.32 Å². The van der Waals surface area contributed by atoms with E-state index in [1.54, 1.807) is 0 Å².